The SMILES string of the molecule is CC(C)CNC(=O)c1ccccc1N1C(=O)C2Cc3c([nH]c4ccccc34)C(c3ccc(C(C)C)cc3)N2C1=O. The van der Waals surface area contributed by atoms with E-state index >= 15 is 0 Å². The van der Waals surface area contributed by atoms with Gasteiger partial charge >= 0.3 is 6.03 Å². The number of anilines is 1. The van der Waals surface area contributed by atoms with Gasteiger partial charge in [-0.15, -0.1) is 0 Å². The van der Waals surface area contributed by atoms with Crippen molar-refractivity contribution in [3.05, 3.63) is 101 Å². The molecule has 0 bridgehead atoms. The fourth-order valence-electron chi connectivity index (χ4n) is 5.96. The molecular formula is C33H34N4O3. The lowest BCUT2D eigenvalue weighted by molar-refractivity contribution is -0.120. The lowest BCUT2D eigenvalue weighted by Gasteiger charge is -2.36. The fourth-order valence-corrected chi connectivity index (χ4v) is 5.96. The molecule has 204 valence electrons. The molecule has 7 heteroatoms. The fraction of sp³-hybridized carbons (Fsp3) is 0.303. The first-order valence-corrected chi connectivity index (χ1v) is 14.0. The Bertz CT molecular complexity index is 1620. The Morgan fingerprint density at radius 3 is 2.38 bits per heavy atom. The summed E-state index contributed by atoms with van der Waals surface area (Å²) in [6.07, 6.45) is 0.405. The van der Waals surface area contributed by atoms with Crippen LogP contribution in [0.4, 0.5) is 10.5 Å². The largest absolute Gasteiger partial charge is 0.356 e. The van der Waals surface area contributed by atoms with Crippen LogP contribution >= 0.6 is 0 Å². The van der Waals surface area contributed by atoms with Gasteiger partial charge in [-0.25, -0.2) is 9.69 Å². The van der Waals surface area contributed by atoms with Gasteiger partial charge in [-0.05, 0) is 46.7 Å². The lowest BCUT2D eigenvalue weighted by atomic mass is 9.88. The molecule has 6 rings (SSSR count). The van der Waals surface area contributed by atoms with Crippen LogP contribution in [-0.2, 0) is 11.2 Å². The highest BCUT2D eigenvalue weighted by atomic mass is 16.2. The van der Waals surface area contributed by atoms with E-state index in [0.29, 0.717) is 30.1 Å². The van der Waals surface area contributed by atoms with E-state index in [-0.39, 0.29) is 17.7 Å². The molecular weight excluding hydrogens is 500 g/mol. The third-order valence-corrected chi connectivity index (χ3v) is 8.03. The summed E-state index contributed by atoms with van der Waals surface area (Å²) in [4.78, 5) is 48.0. The molecule has 2 aliphatic heterocycles. The first kappa shape index (κ1) is 25.9. The van der Waals surface area contributed by atoms with Crippen LogP contribution in [0.25, 0.3) is 10.9 Å². The van der Waals surface area contributed by atoms with Crippen LogP contribution in [0.5, 0.6) is 0 Å². The second-order valence-electron chi connectivity index (χ2n) is 11.5. The van der Waals surface area contributed by atoms with Crippen molar-refractivity contribution in [2.75, 3.05) is 11.4 Å². The highest BCUT2D eigenvalue weighted by Crippen LogP contribution is 2.45. The van der Waals surface area contributed by atoms with Crippen LogP contribution in [0.3, 0.4) is 0 Å². The number of benzene rings is 3. The minimum absolute atomic E-state index is 0.270. The van der Waals surface area contributed by atoms with Crippen LogP contribution in [0.15, 0.2) is 72.8 Å². The standard InChI is InChI=1S/C33H34N4O3/c1-19(2)18-34-31(38)24-10-6-8-12-27(24)37-32(39)28-17-25-23-9-5-7-11-26(23)35-29(25)30(36(28)33(37)40)22-15-13-21(14-16-22)20(3)4/h5-16,19-20,28,30,35H,17-18H2,1-4H3,(H,34,38). The molecule has 3 heterocycles. The topological polar surface area (TPSA) is 85.5 Å². The number of aromatic nitrogens is 1. The number of imide groups is 1. The van der Waals surface area contributed by atoms with Crippen LogP contribution in [0.1, 0.15) is 72.4 Å². The number of H-pyrrole nitrogens is 1. The van der Waals surface area contributed by atoms with E-state index in [1.54, 1.807) is 29.2 Å². The Labute approximate surface area is 234 Å². The third kappa shape index (κ3) is 4.17. The maximum absolute atomic E-state index is 14.3. The number of carbonyl (C=O) groups excluding carboxylic acids is 3. The molecule has 4 aromatic rings. The van der Waals surface area contributed by atoms with Crippen LogP contribution in [0.2, 0.25) is 0 Å². The predicted octanol–water partition coefficient (Wildman–Crippen LogP) is 6.16. The Morgan fingerprint density at radius 2 is 1.65 bits per heavy atom. The number of amides is 4. The Morgan fingerprint density at radius 1 is 0.950 bits per heavy atom. The number of nitrogens with one attached hydrogen (secondary N) is 2. The second kappa shape index (κ2) is 9.97. The molecule has 0 saturated carbocycles. The number of hydrogen-bond acceptors (Lipinski definition) is 3. The van der Waals surface area contributed by atoms with E-state index in [4.69, 9.17) is 0 Å². The van der Waals surface area contributed by atoms with E-state index in [9.17, 15) is 14.4 Å². The Kier molecular flexibility index (Phi) is 6.45. The van der Waals surface area contributed by atoms with Gasteiger partial charge in [-0.2, -0.15) is 0 Å². The smallest absolute Gasteiger partial charge is 0.332 e. The van der Waals surface area contributed by atoms with Gasteiger partial charge in [0.15, 0.2) is 0 Å². The lowest BCUT2D eigenvalue weighted by Crippen LogP contribution is -2.44. The van der Waals surface area contributed by atoms with Gasteiger partial charge in [0.25, 0.3) is 11.8 Å². The molecule has 2 N–H and O–H groups in total. The maximum Gasteiger partial charge on any atom is 0.332 e. The zero-order valence-electron chi connectivity index (χ0n) is 23.3. The first-order valence-electron chi connectivity index (χ1n) is 14.0. The molecule has 3 aromatic carbocycles. The van der Waals surface area contributed by atoms with Crippen molar-refractivity contribution in [2.24, 2.45) is 5.92 Å². The normalized spacial score (nSPS) is 18.6. The van der Waals surface area contributed by atoms with Gasteiger partial charge in [0, 0.05) is 29.6 Å². The van der Waals surface area contributed by atoms with Crippen molar-refractivity contribution >= 4 is 34.4 Å². The van der Waals surface area contributed by atoms with Crippen LogP contribution in [-0.4, -0.2) is 40.3 Å². The number of nitrogens with zero attached hydrogens (tertiary/aromatic N) is 2. The van der Waals surface area contributed by atoms with Crippen LogP contribution < -0.4 is 10.2 Å². The molecule has 40 heavy (non-hydrogen) atoms. The number of carbonyl (C=O) groups is 3. The maximum atomic E-state index is 14.3. The van der Waals surface area contributed by atoms with Gasteiger partial charge in [-0.1, -0.05) is 82.3 Å². The van der Waals surface area contributed by atoms with Crippen molar-refractivity contribution in [1.82, 2.24) is 15.2 Å². The summed E-state index contributed by atoms with van der Waals surface area (Å²) in [5.41, 5.74) is 5.75. The number of para-hydroxylation sites is 2. The first-order chi connectivity index (χ1) is 19.3. The van der Waals surface area contributed by atoms with Crippen molar-refractivity contribution < 1.29 is 14.4 Å². The molecule has 0 radical (unpaired) electrons. The van der Waals surface area contributed by atoms with Crippen molar-refractivity contribution in [3.8, 4) is 0 Å². The zero-order valence-corrected chi connectivity index (χ0v) is 23.3. The van der Waals surface area contributed by atoms with Crippen molar-refractivity contribution in [1.29, 1.82) is 0 Å². The molecule has 0 aliphatic carbocycles. The van der Waals surface area contributed by atoms with E-state index in [1.807, 2.05) is 32.0 Å². The molecule has 4 amide bonds. The van der Waals surface area contributed by atoms with E-state index in [0.717, 1.165) is 27.7 Å². The number of rotatable bonds is 6. The van der Waals surface area contributed by atoms with Gasteiger partial charge in [0.1, 0.15) is 12.1 Å². The highest BCUT2D eigenvalue weighted by molar-refractivity contribution is 6.24. The van der Waals surface area contributed by atoms with Gasteiger partial charge in [0.2, 0.25) is 0 Å². The number of fused-ring (bicyclic) bond motifs is 4. The summed E-state index contributed by atoms with van der Waals surface area (Å²) in [5, 5.41) is 3.99. The average molecular weight is 535 g/mol. The van der Waals surface area contributed by atoms with Gasteiger partial charge in [-0.3, -0.25) is 14.5 Å². The molecule has 1 fully saturated rings. The molecule has 7 nitrogen and oxygen atoms in total. The second-order valence-corrected chi connectivity index (χ2v) is 11.5. The number of urea groups is 1. The summed E-state index contributed by atoms with van der Waals surface area (Å²) in [7, 11) is 0. The minimum atomic E-state index is -0.680. The van der Waals surface area contributed by atoms with Gasteiger partial charge in [0.05, 0.1) is 11.3 Å². The summed E-state index contributed by atoms with van der Waals surface area (Å²) in [6, 6.07) is 21.7. The average Bonchev–Trinajstić information content (AvgIpc) is 3.44. The summed E-state index contributed by atoms with van der Waals surface area (Å²) in [6.45, 7) is 8.83. The summed E-state index contributed by atoms with van der Waals surface area (Å²) >= 11 is 0. The van der Waals surface area contributed by atoms with E-state index in [1.165, 1.54) is 10.5 Å². The van der Waals surface area contributed by atoms with Crippen LogP contribution in [0, 0.1) is 5.92 Å². The summed E-state index contributed by atoms with van der Waals surface area (Å²) < 4.78 is 0. The summed E-state index contributed by atoms with van der Waals surface area (Å²) in [5.74, 6) is 0.0353. The van der Waals surface area contributed by atoms with Crippen molar-refractivity contribution in [2.45, 2.75) is 52.1 Å². The molecule has 1 aromatic heterocycles. The zero-order chi connectivity index (χ0) is 28.1. The number of hydrogen-bond donors (Lipinski definition) is 2. The number of aromatic amines is 1. The highest BCUT2D eigenvalue weighted by Gasteiger charge is 2.53. The minimum Gasteiger partial charge on any atom is -0.356 e. The predicted molar refractivity (Wildman–Crippen MR) is 156 cm³/mol. The Balaban J connectivity index is 1.46. The monoisotopic (exact) mass is 534 g/mol. The molecule has 1 saturated heterocycles. The quantitative estimate of drug-likeness (QED) is 0.291. The molecule has 2 aliphatic rings. The van der Waals surface area contributed by atoms with Crippen molar-refractivity contribution in [3.63, 3.8) is 0 Å². The van der Waals surface area contributed by atoms with E-state index in [2.05, 4.69) is 54.5 Å². The Hall–Kier alpha value is -4.39. The third-order valence-electron chi connectivity index (χ3n) is 8.03. The van der Waals surface area contributed by atoms with E-state index < -0.39 is 18.1 Å². The van der Waals surface area contributed by atoms with Gasteiger partial charge < -0.3 is 10.3 Å². The molecule has 2 atom stereocenters. The molecule has 0 spiro atoms. The molecule has 2 unspecified atom stereocenters.